The van der Waals surface area contributed by atoms with Crippen LogP contribution < -0.4 is 4.74 Å². The molecule has 3 heterocycles. The van der Waals surface area contributed by atoms with Crippen LogP contribution in [0.4, 0.5) is 0 Å². The van der Waals surface area contributed by atoms with E-state index < -0.39 is 23.5 Å². The van der Waals surface area contributed by atoms with Crippen molar-refractivity contribution in [3.63, 3.8) is 0 Å². The summed E-state index contributed by atoms with van der Waals surface area (Å²) >= 11 is 12.3. The molecule has 1 unspecified atom stereocenters. The van der Waals surface area contributed by atoms with Gasteiger partial charge < -0.3 is 28.7 Å². The fourth-order valence-electron chi connectivity index (χ4n) is 4.14. The number of methoxy groups -OCH3 is 1. The molecule has 0 fully saturated rings. The third-order valence-corrected chi connectivity index (χ3v) is 6.25. The molecular weight excluding hydrogens is 497 g/mol. The molecule has 2 aromatic heterocycles. The van der Waals surface area contributed by atoms with Crippen LogP contribution in [0.2, 0.25) is 10.0 Å². The second kappa shape index (κ2) is 8.72. The Morgan fingerprint density at radius 1 is 1.14 bits per heavy atom. The first-order valence-corrected chi connectivity index (χ1v) is 11.1. The number of carbonyl (C=O) groups excluding carboxylic acids is 2. The number of hydrogen-bond donors (Lipinski definition) is 2. The maximum absolute atomic E-state index is 13.7. The number of hydrogen-bond acceptors (Lipinski definition) is 7. The molecule has 178 valence electrons. The first kappa shape index (κ1) is 22.9. The second-order valence-electron chi connectivity index (χ2n) is 7.85. The van der Waals surface area contributed by atoms with Crippen LogP contribution in [0, 0.1) is 0 Å². The van der Waals surface area contributed by atoms with Gasteiger partial charge in [-0.2, -0.15) is 0 Å². The summed E-state index contributed by atoms with van der Waals surface area (Å²) in [4.78, 5) is 28.1. The van der Waals surface area contributed by atoms with E-state index in [1.54, 1.807) is 24.3 Å². The van der Waals surface area contributed by atoms with E-state index in [4.69, 9.17) is 36.8 Å². The van der Waals surface area contributed by atoms with Gasteiger partial charge in [0.1, 0.15) is 11.5 Å². The number of amides is 1. The molecule has 1 atom stereocenters. The number of phenols is 1. The Labute approximate surface area is 208 Å². The van der Waals surface area contributed by atoms with E-state index in [9.17, 15) is 19.8 Å². The smallest absolute Gasteiger partial charge is 0.290 e. The fraction of sp³-hybridized carbons (Fsp3) is 0.120. The highest BCUT2D eigenvalue weighted by atomic mass is 35.5. The number of furan rings is 2. The Morgan fingerprint density at radius 2 is 1.94 bits per heavy atom. The van der Waals surface area contributed by atoms with Crippen molar-refractivity contribution in [3.8, 4) is 11.5 Å². The van der Waals surface area contributed by atoms with Gasteiger partial charge >= 0.3 is 0 Å². The Balaban J connectivity index is 1.63. The van der Waals surface area contributed by atoms with E-state index in [1.165, 1.54) is 42.5 Å². The van der Waals surface area contributed by atoms with Crippen LogP contribution in [-0.4, -0.2) is 33.9 Å². The lowest BCUT2D eigenvalue weighted by atomic mass is 9.95. The van der Waals surface area contributed by atoms with Crippen LogP contribution in [0.1, 0.15) is 27.9 Å². The number of aliphatic hydroxyl groups excluding tert-OH is 1. The monoisotopic (exact) mass is 513 g/mol. The average molecular weight is 514 g/mol. The number of rotatable bonds is 6. The van der Waals surface area contributed by atoms with Crippen LogP contribution in [0.25, 0.3) is 11.0 Å². The number of ketones is 1. The third kappa shape index (κ3) is 3.90. The molecule has 35 heavy (non-hydrogen) atoms. The molecule has 0 saturated heterocycles. The van der Waals surface area contributed by atoms with Gasteiger partial charge in [0.15, 0.2) is 22.9 Å². The average Bonchev–Trinajstić information content (AvgIpc) is 3.55. The molecule has 10 heteroatoms. The molecule has 8 nitrogen and oxygen atoms in total. The zero-order chi connectivity index (χ0) is 24.9. The van der Waals surface area contributed by atoms with Crippen LogP contribution in [-0.2, 0) is 11.3 Å². The summed E-state index contributed by atoms with van der Waals surface area (Å²) in [5.41, 5.74) is 0.491. The Kier molecular flexibility index (Phi) is 5.70. The zero-order valence-corrected chi connectivity index (χ0v) is 19.6. The van der Waals surface area contributed by atoms with Gasteiger partial charge in [0, 0.05) is 16.5 Å². The molecule has 0 aliphatic carbocycles. The second-order valence-corrected chi connectivity index (χ2v) is 8.70. The van der Waals surface area contributed by atoms with Crippen molar-refractivity contribution in [1.29, 1.82) is 0 Å². The van der Waals surface area contributed by atoms with E-state index >= 15 is 0 Å². The van der Waals surface area contributed by atoms with Gasteiger partial charge in [-0.25, -0.2) is 0 Å². The van der Waals surface area contributed by atoms with E-state index in [0.717, 1.165) is 0 Å². The van der Waals surface area contributed by atoms with Crippen LogP contribution in [0.5, 0.6) is 11.5 Å². The van der Waals surface area contributed by atoms with Crippen molar-refractivity contribution in [3.05, 3.63) is 93.3 Å². The zero-order valence-electron chi connectivity index (χ0n) is 18.1. The normalized spacial score (nSPS) is 15.9. The number of halogens is 2. The molecule has 0 spiro atoms. The molecule has 0 bridgehead atoms. The first-order chi connectivity index (χ1) is 16.8. The maximum Gasteiger partial charge on any atom is 0.290 e. The first-order valence-electron chi connectivity index (χ1n) is 10.3. The topological polar surface area (TPSA) is 113 Å². The van der Waals surface area contributed by atoms with Crippen molar-refractivity contribution in [1.82, 2.24) is 4.90 Å². The van der Waals surface area contributed by atoms with Crippen LogP contribution in [0.3, 0.4) is 0 Å². The number of aromatic hydroxyl groups is 1. The van der Waals surface area contributed by atoms with Crippen molar-refractivity contribution in [2.75, 3.05) is 7.11 Å². The number of ether oxygens (including phenoxy) is 1. The Hall–Kier alpha value is -3.88. The number of aliphatic hydroxyl groups is 1. The summed E-state index contributed by atoms with van der Waals surface area (Å²) in [5.74, 6) is -1.71. The summed E-state index contributed by atoms with van der Waals surface area (Å²) in [5, 5.41) is 21.6. The number of benzene rings is 2. The number of phenolic OH excluding ortho intramolecular Hbond substituents is 1. The highest BCUT2D eigenvalue weighted by molar-refractivity contribution is 6.32. The molecule has 2 aromatic carbocycles. The molecular formula is C25H17Cl2NO7. The summed E-state index contributed by atoms with van der Waals surface area (Å²) in [6.07, 6.45) is 1.45. The van der Waals surface area contributed by atoms with Crippen molar-refractivity contribution in [2.24, 2.45) is 0 Å². The molecule has 1 aliphatic rings. The van der Waals surface area contributed by atoms with Gasteiger partial charge in [0.25, 0.3) is 5.91 Å². The molecule has 0 saturated carbocycles. The fourth-order valence-corrected chi connectivity index (χ4v) is 4.55. The highest BCUT2D eigenvalue weighted by Gasteiger charge is 2.45. The summed E-state index contributed by atoms with van der Waals surface area (Å²) in [6.45, 7) is -0.0284. The predicted molar refractivity (Wildman–Crippen MR) is 127 cm³/mol. The van der Waals surface area contributed by atoms with E-state index in [2.05, 4.69) is 0 Å². The number of fused-ring (bicyclic) bond motifs is 1. The lowest BCUT2D eigenvalue weighted by molar-refractivity contribution is -0.130. The minimum Gasteiger partial charge on any atom is -0.506 e. The summed E-state index contributed by atoms with van der Waals surface area (Å²) in [7, 11) is 1.44. The van der Waals surface area contributed by atoms with Crippen LogP contribution >= 0.6 is 23.2 Å². The van der Waals surface area contributed by atoms with Gasteiger partial charge in [-0.3, -0.25) is 9.59 Å². The van der Waals surface area contributed by atoms with Gasteiger partial charge in [0.05, 0.1) is 36.6 Å². The molecule has 5 rings (SSSR count). The molecule has 2 N–H and O–H groups in total. The van der Waals surface area contributed by atoms with Crippen molar-refractivity contribution < 1.29 is 33.4 Å². The number of nitrogens with zero attached hydrogens (tertiary/aromatic N) is 1. The van der Waals surface area contributed by atoms with Crippen molar-refractivity contribution in [2.45, 2.75) is 12.6 Å². The summed E-state index contributed by atoms with van der Waals surface area (Å²) in [6, 6.07) is 11.2. The van der Waals surface area contributed by atoms with E-state index in [0.29, 0.717) is 33.1 Å². The van der Waals surface area contributed by atoms with E-state index in [-0.39, 0.29) is 28.7 Å². The van der Waals surface area contributed by atoms with Gasteiger partial charge in [-0.05, 0) is 42.0 Å². The standard InChI is InChI=1S/C25H17Cl2NO7/c1-33-19-10-14(26)7-13-9-18(35-24(13)19)22(30)20-21(12-4-5-17(29)16(27)8-12)28(25(32)23(20)31)11-15-3-2-6-34-15/h2-10,21,29,31H,11H2,1H3. The highest BCUT2D eigenvalue weighted by Crippen LogP contribution is 2.42. The van der Waals surface area contributed by atoms with Crippen LogP contribution in [0.15, 0.2) is 75.0 Å². The molecule has 0 radical (unpaired) electrons. The Bertz CT molecular complexity index is 1500. The minimum absolute atomic E-state index is 0.0224. The van der Waals surface area contributed by atoms with Gasteiger partial charge in [-0.1, -0.05) is 29.3 Å². The molecule has 4 aromatic rings. The quantitative estimate of drug-likeness (QED) is 0.312. The molecule has 1 aliphatic heterocycles. The lowest BCUT2D eigenvalue weighted by Crippen LogP contribution is -2.30. The third-order valence-electron chi connectivity index (χ3n) is 5.73. The summed E-state index contributed by atoms with van der Waals surface area (Å²) < 4.78 is 16.4. The largest absolute Gasteiger partial charge is 0.506 e. The maximum atomic E-state index is 13.7. The van der Waals surface area contributed by atoms with Crippen molar-refractivity contribution >= 4 is 45.9 Å². The predicted octanol–water partition coefficient (Wildman–Crippen LogP) is 5.83. The van der Waals surface area contributed by atoms with E-state index in [1.807, 2.05) is 0 Å². The SMILES string of the molecule is COc1cc(Cl)cc2cc(C(=O)C3=C(O)C(=O)N(Cc4ccco4)C3c3ccc(O)c(Cl)c3)oc12. The van der Waals surface area contributed by atoms with Gasteiger partial charge in [0.2, 0.25) is 5.78 Å². The Morgan fingerprint density at radius 3 is 2.63 bits per heavy atom. The lowest BCUT2D eigenvalue weighted by Gasteiger charge is -2.26. The molecule has 1 amide bonds. The minimum atomic E-state index is -1.03. The number of carbonyl (C=O) groups is 2. The number of Topliss-reactive ketones (excluding diaryl/α,β-unsaturated/α-hetero) is 1. The van der Waals surface area contributed by atoms with Gasteiger partial charge in [-0.15, -0.1) is 0 Å².